The summed E-state index contributed by atoms with van der Waals surface area (Å²) in [6.07, 6.45) is 3.52. The molecule has 108 valence electrons. The molecule has 0 spiro atoms. The summed E-state index contributed by atoms with van der Waals surface area (Å²) in [4.78, 5) is 12.3. The zero-order chi connectivity index (χ0) is 14.8. The lowest BCUT2D eigenvalue weighted by atomic mass is 10.0. The van der Waals surface area contributed by atoms with E-state index in [1.165, 1.54) is 24.2 Å². The molecule has 3 N–H and O–H groups in total. The second-order valence-electron chi connectivity index (χ2n) is 5.09. The van der Waals surface area contributed by atoms with Crippen LogP contribution >= 0.6 is 11.3 Å². The van der Waals surface area contributed by atoms with Crippen LogP contribution in [0.2, 0.25) is 0 Å². The van der Waals surface area contributed by atoms with E-state index in [0.717, 1.165) is 13.0 Å². The maximum atomic E-state index is 12.0. The van der Waals surface area contributed by atoms with Crippen LogP contribution in [0.1, 0.15) is 48.3 Å². The number of nitriles is 1. The van der Waals surface area contributed by atoms with E-state index in [0.29, 0.717) is 20.9 Å². The predicted molar refractivity (Wildman–Crippen MR) is 79.9 cm³/mol. The van der Waals surface area contributed by atoms with E-state index < -0.39 is 5.97 Å². The topological polar surface area (TPSA) is 88.1 Å². The first kappa shape index (κ1) is 14.7. The van der Waals surface area contributed by atoms with Gasteiger partial charge in [0.25, 0.3) is 0 Å². The van der Waals surface area contributed by atoms with Gasteiger partial charge in [-0.2, -0.15) is 5.26 Å². The summed E-state index contributed by atoms with van der Waals surface area (Å²) in [5.74, 6) is -0.466. The van der Waals surface area contributed by atoms with Crippen molar-refractivity contribution in [3.63, 3.8) is 0 Å². The van der Waals surface area contributed by atoms with Gasteiger partial charge in [-0.05, 0) is 31.6 Å². The van der Waals surface area contributed by atoms with Crippen LogP contribution in [-0.4, -0.2) is 19.1 Å². The summed E-state index contributed by atoms with van der Waals surface area (Å²) in [7, 11) is 0. The summed E-state index contributed by atoms with van der Waals surface area (Å²) < 4.78 is 5.02. The number of nitrogens with one attached hydrogen (secondary N) is 1. The highest BCUT2D eigenvalue weighted by Gasteiger charge is 2.40. The Labute approximate surface area is 122 Å². The summed E-state index contributed by atoms with van der Waals surface area (Å²) >= 11 is 1.22. The van der Waals surface area contributed by atoms with Gasteiger partial charge in [-0.3, -0.25) is 0 Å². The second kappa shape index (κ2) is 5.71. The number of rotatable bonds is 6. The Balaban J connectivity index is 2.22. The van der Waals surface area contributed by atoms with Crippen LogP contribution in [0.25, 0.3) is 0 Å². The number of carbonyl (C=O) groups excluding carboxylic acids is 1. The van der Waals surface area contributed by atoms with Crippen molar-refractivity contribution in [2.75, 3.05) is 24.2 Å². The molecule has 0 bridgehead atoms. The number of esters is 1. The Hall–Kier alpha value is -1.74. The van der Waals surface area contributed by atoms with Gasteiger partial charge in [0.1, 0.15) is 21.5 Å². The van der Waals surface area contributed by atoms with Crippen molar-refractivity contribution in [2.45, 2.75) is 33.1 Å². The number of carbonyl (C=O) groups is 1. The minimum Gasteiger partial charge on any atom is -0.462 e. The van der Waals surface area contributed by atoms with E-state index in [2.05, 4.69) is 12.2 Å². The number of nitrogen functional groups attached to an aromatic ring is 1. The van der Waals surface area contributed by atoms with Crippen molar-refractivity contribution in [2.24, 2.45) is 5.41 Å². The van der Waals surface area contributed by atoms with Gasteiger partial charge in [0.15, 0.2) is 0 Å². The van der Waals surface area contributed by atoms with Gasteiger partial charge < -0.3 is 15.8 Å². The molecule has 0 atom stereocenters. The number of hydrogen-bond acceptors (Lipinski definition) is 6. The minimum atomic E-state index is -0.466. The average Bonchev–Trinajstić information content (AvgIpc) is 3.15. The highest BCUT2D eigenvalue weighted by Crippen LogP contribution is 2.49. The monoisotopic (exact) mass is 293 g/mol. The molecule has 0 radical (unpaired) electrons. The van der Waals surface area contributed by atoms with Gasteiger partial charge in [-0.15, -0.1) is 11.3 Å². The van der Waals surface area contributed by atoms with E-state index in [4.69, 9.17) is 15.7 Å². The molecule has 1 aliphatic rings. The fourth-order valence-electron chi connectivity index (χ4n) is 2.16. The second-order valence-corrected chi connectivity index (χ2v) is 6.11. The highest BCUT2D eigenvalue weighted by molar-refractivity contribution is 7.17. The number of thiophene rings is 1. The molecule has 1 aliphatic carbocycles. The van der Waals surface area contributed by atoms with E-state index >= 15 is 0 Å². The summed E-state index contributed by atoms with van der Waals surface area (Å²) in [5.41, 5.74) is 6.75. The first-order valence-electron chi connectivity index (χ1n) is 6.80. The molecule has 0 aromatic carbocycles. The van der Waals surface area contributed by atoms with Gasteiger partial charge in [0.2, 0.25) is 0 Å². The first-order chi connectivity index (χ1) is 9.56. The van der Waals surface area contributed by atoms with Crippen molar-refractivity contribution in [3.05, 3.63) is 10.4 Å². The van der Waals surface area contributed by atoms with Crippen LogP contribution < -0.4 is 11.1 Å². The number of nitrogens with zero attached hydrogens (tertiary/aromatic N) is 1. The number of ether oxygens (including phenoxy) is 1. The van der Waals surface area contributed by atoms with E-state index in [1.807, 2.05) is 6.07 Å². The lowest BCUT2D eigenvalue weighted by Crippen LogP contribution is -2.16. The normalized spacial score (nSPS) is 15.4. The molecule has 0 aliphatic heterocycles. The van der Waals surface area contributed by atoms with E-state index in [-0.39, 0.29) is 12.3 Å². The summed E-state index contributed by atoms with van der Waals surface area (Å²) in [6.45, 7) is 5.01. The fourth-order valence-corrected chi connectivity index (χ4v) is 3.06. The van der Waals surface area contributed by atoms with Crippen molar-refractivity contribution in [1.29, 1.82) is 5.26 Å². The number of anilines is 2. The maximum absolute atomic E-state index is 12.0. The Bertz CT molecular complexity index is 556. The lowest BCUT2D eigenvalue weighted by Gasteiger charge is -2.14. The number of nitrogens with two attached hydrogens (primary N) is 1. The molecular formula is C14H19N3O2S. The summed E-state index contributed by atoms with van der Waals surface area (Å²) in [5, 5.41) is 13.0. The molecule has 1 heterocycles. The zero-order valence-corrected chi connectivity index (χ0v) is 12.6. The third kappa shape index (κ3) is 2.73. The van der Waals surface area contributed by atoms with Crippen molar-refractivity contribution in [3.8, 4) is 6.07 Å². The molecule has 1 fully saturated rings. The maximum Gasteiger partial charge on any atom is 0.343 e. The minimum absolute atomic E-state index is 0.222. The Morgan fingerprint density at radius 1 is 1.55 bits per heavy atom. The molecule has 1 saturated carbocycles. The predicted octanol–water partition coefficient (Wildman–Crippen LogP) is 2.98. The van der Waals surface area contributed by atoms with Gasteiger partial charge in [0, 0.05) is 6.54 Å². The lowest BCUT2D eigenvalue weighted by molar-refractivity contribution is 0.0529. The van der Waals surface area contributed by atoms with Crippen LogP contribution in [-0.2, 0) is 4.74 Å². The van der Waals surface area contributed by atoms with Crippen molar-refractivity contribution < 1.29 is 9.53 Å². The third-order valence-corrected chi connectivity index (χ3v) is 4.93. The van der Waals surface area contributed by atoms with Gasteiger partial charge in [-0.25, -0.2) is 4.79 Å². The van der Waals surface area contributed by atoms with Crippen molar-refractivity contribution >= 4 is 28.0 Å². The van der Waals surface area contributed by atoms with Gasteiger partial charge in [0.05, 0.1) is 12.3 Å². The Morgan fingerprint density at radius 3 is 2.75 bits per heavy atom. The molecule has 20 heavy (non-hydrogen) atoms. The quantitative estimate of drug-likeness (QED) is 0.787. The van der Waals surface area contributed by atoms with Crippen LogP contribution in [0.3, 0.4) is 0 Å². The standard InChI is InChI=1S/C14H19N3O2S/c1-3-14(5-6-14)8-17-12-10(13(18)19-4-2)11(16)9(7-15)20-12/h17H,3-6,8,16H2,1-2H3. The highest BCUT2D eigenvalue weighted by atomic mass is 32.1. The molecule has 5 nitrogen and oxygen atoms in total. The molecule has 2 rings (SSSR count). The van der Waals surface area contributed by atoms with Gasteiger partial charge in [-0.1, -0.05) is 6.92 Å². The van der Waals surface area contributed by atoms with Crippen molar-refractivity contribution in [1.82, 2.24) is 0 Å². The van der Waals surface area contributed by atoms with E-state index in [1.54, 1.807) is 6.92 Å². The molecule has 0 unspecified atom stereocenters. The van der Waals surface area contributed by atoms with Crippen LogP contribution in [0.5, 0.6) is 0 Å². The molecule has 6 heteroatoms. The van der Waals surface area contributed by atoms with Crippen LogP contribution in [0.15, 0.2) is 0 Å². The SMILES string of the molecule is CCOC(=O)c1c(NCC2(CC)CC2)sc(C#N)c1N. The zero-order valence-electron chi connectivity index (χ0n) is 11.8. The molecule has 1 aromatic rings. The largest absolute Gasteiger partial charge is 0.462 e. The smallest absolute Gasteiger partial charge is 0.343 e. The molecule has 0 saturated heterocycles. The van der Waals surface area contributed by atoms with Crippen LogP contribution in [0, 0.1) is 16.7 Å². The Kier molecular flexibility index (Phi) is 4.19. The van der Waals surface area contributed by atoms with Crippen LogP contribution in [0.4, 0.5) is 10.7 Å². The molecular weight excluding hydrogens is 274 g/mol. The van der Waals surface area contributed by atoms with E-state index in [9.17, 15) is 4.79 Å². The molecule has 1 aromatic heterocycles. The average molecular weight is 293 g/mol. The summed E-state index contributed by atoms with van der Waals surface area (Å²) in [6, 6.07) is 2.03. The first-order valence-corrected chi connectivity index (χ1v) is 7.62. The number of hydrogen-bond donors (Lipinski definition) is 2. The third-order valence-electron chi connectivity index (χ3n) is 3.86. The Morgan fingerprint density at radius 2 is 2.25 bits per heavy atom. The fraction of sp³-hybridized carbons (Fsp3) is 0.571. The van der Waals surface area contributed by atoms with Gasteiger partial charge >= 0.3 is 5.97 Å². The molecule has 0 amide bonds.